The van der Waals surface area contributed by atoms with Crippen LogP contribution in [-0.4, -0.2) is 34.1 Å². The van der Waals surface area contributed by atoms with Crippen molar-refractivity contribution in [2.24, 2.45) is 11.3 Å². The van der Waals surface area contributed by atoms with Gasteiger partial charge in [-0.3, -0.25) is 4.90 Å². The van der Waals surface area contributed by atoms with E-state index in [2.05, 4.69) is 85.6 Å². The molecule has 0 spiro atoms. The molecule has 0 saturated carbocycles. The summed E-state index contributed by atoms with van der Waals surface area (Å²) in [6.07, 6.45) is 17.6. The van der Waals surface area contributed by atoms with Gasteiger partial charge in [-0.1, -0.05) is 51.2 Å². The monoisotopic (exact) mass is 387 g/mol. The van der Waals surface area contributed by atoms with E-state index in [-0.39, 0.29) is 0 Å². The Bertz CT molecular complexity index is 981. The van der Waals surface area contributed by atoms with Crippen LogP contribution in [0.3, 0.4) is 0 Å². The Morgan fingerprint density at radius 2 is 2.14 bits per heavy atom. The maximum absolute atomic E-state index is 4.83. The molecule has 3 heterocycles. The van der Waals surface area contributed by atoms with Gasteiger partial charge in [0, 0.05) is 44.0 Å². The zero-order chi connectivity index (χ0) is 20.4. The maximum atomic E-state index is 4.83. The molecule has 3 heteroatoms. The molecular formula is C26H33N3. The van der Waals surface area contributed by atoms with Gasteiger partial charge in [0.05, 0.1) is 0 Å². The van der Waals surface area contributed by atoms with Gasteiger partial charge in [0.15, 0.2) is 0 Å². The minimum absolute atomic E-state index is 0.351. The second-order valence-electron chi connectivity index (χ2n) is 9.63. The third-order valence-electron chi connectivity index (χ3n) is 5.83. The Kier molecular flexibility index (Phi) is 5.60. The molecule has 0 radical (unpaired) electrons. The average molecular weight is 388 g/mol. The fourth-order valence-corrected chi connectivity index (χ4v) is 4.34. The molecule has 2 aromatic heterocycles. The SMILES string of the molecule is C=CC1C=CC(Cn2ccc3cc(C4=CCN(CC(C)(C)C)CC4)cnc32)=CC1. The number of hydrogen-bond donors (Lipinski definition) is 0. The van der Waals surface area contributed by atoms with E-state index in [4.69, 9.17) is 4.98 Å². The van der Waals surface area contributed by atoms with Gasteiger partial charge in [0.1, 0.15) is 5.65 Å². The zero-order valence-corrected chi connectivity index (χ0v) is 18.1. The van der Waals surface area contributed by atoms with Crippen molar-refractivity contribution < 1.29 is 0 Å². The molecule has 1 aliphatic heterocycles. The predicted molar refractivity (Wildman–Crippen MR) is 124 cm³/mol. The first-order chi connectivity index (χ1) is 13.9. The van der Waals surface area contributed by atoms with E-state index in [1.54, 1.807) is 0 Å². The Morgan fingerprint density at radius 3 is 2.79 bits per heavy atom. The molecule has 0 fully saturated rings. The molecule has 0 amide bonds. The Hall–Kier alpha value is -2.39. The molecule has 1 unspecified atom stereocenters. The first-order valence-corrected chi connectivity index (χ1v) is 10.8. The number of allylic oxidation sites excluding steroid dienone is 5. The number of aromatic nitrogens is 2. The summed E-state index contributed by atoms with van der Waals surface area (Å²) >= 11 is 0. The van der Waals surface area contributed by atoms with E-state index in [1.165, 1.54) is 22.1 Å². The molecule has 1 atom stereocenters. The van der Waals surface area contributed by atoms with Crippen LogP contribution >= 0.6 is 0 Å². The topological polar surface area (TPSA) is 21.1 Å². The minimum atomic E-state index is 0.351. The van der Waals surface area contributed by atoms with Crippen molar-refractivity contribution in [2.75, 3.05) is 19.6 Å². The number of nitrogens with zero attached hydrogens (tertiary/aromatic N) is 3. The molecule has 1 aliphatic carbocycles. The molecular weight excluding hydrogens is 354 g/mol. The second-order valence-corrected chi connectivity index (χ2v) is 9.63. The third kappa shape index (κ3) is 4.79. The van der Waals surface area contributed by atoms with E-state index < -0.39 is 0 Å². The molecule has 2 aliphatic rings. The van der Waals surface area contributed by atoms with E-state index in [0.29, 0.717) is 11.3 Å². The predicted octanol–water partition coefficient (Wildman–Crippen LogP) is 5.86. The van der Waals surface area contributed by atoms with Crippen LogP contribution in [-0.2, 0) is 6.54 Å². The molecule has 0 saturated heterocycles. The summed E-state index contributed by atoms with van der Waals surface area (Å²) in [5, 5.41) is 1.23. The van der Waals surface area contributed by atoms with Gasteiger partial charge in [-0.05, 0) is 53.0 Å². The molecule has 0 N–H and O–H groups in total. The van der Waals surface area contributed by atoms with Crippen molar-refractivity contribution >= 4 is 16.6 Å². The normalized spacial score (nSPS) is 20.6. The highest BCUT2D eigenvalue weighted by Gasteiger charge is 2.19. The average Bonchev–Trinajstić information content (AvgIpc) is 3.10. The standard InChI is InChI=1S/C26H33N3/c1-5-20-6-8-21(9-7-20)18-29-15-12-23-16-24(17-27-25(23)29)22-10-13-28(14-11-22)19-26(2,3)4/h5-6,8-10,12,15-17,20H,1,7,11,13-14,18-19H2,2-4H3. The Labute approximate surface area is 175 Å². The number of fused-ring (bicyclic) bond motifs is 1. The summed E-state index contributed by atoms with van der Waals surface area (Å²) in [6.45, 7) is 15.0. The second kappa shape index (κ2) is 8.16. The van der Waals surface area contributed by atoms with Crippen LogP contribution in [0.1, 0.15) is 39.2 Å². The summed E-state index contributed by atoms with van der Waals surface area (Å²) in [6, 6.07) is 4.50. The first kappa shape index (κ1) is 19.9. The van der Waals surface area contributed by atoms with Gasteiger partial charge in [-0.25, -0.2) is 4.98 Å². The number of hydrogen-bond acceptors (Lipinski definition) is 2. The van der Waals surface area contributed by atoms with Gasteiger partial charge < -0.3 is 4.57 Å². The molecule has 2 aromatic rings. The van der Waals surface area contributed by atoms with Crippen LogP contribution in [0.25, 0.3) is 16.6 Å². The molecule has 152 valence electrons. The van der Waals surface area contributed by atoms with Gasteiger partial charge in [-0.2, -0.15) is 0 Å². The fourth-order valence-electron chi connectivity index (χ4n) is 4.34. The highest BCUT2D eigenvalue weighted by molar-refractivity contribution is 5.81. The van der Waals surface area contributed by atoms with Crippen LogP contribution in [0.2, 0.25) is 0 Å². The first-order valence-electron chi connectivity index (χ1n) is 10.8. The van der Waals surface area contributed by atoms with Crippen molar-refractivity contribution in [2.45, 2.75) is 40.2 Å². The maximum Gasteiger partial charge on any atom is 0.140 e. The smallest absolute Gasteiger partial charge is 0.140 e. The van der Waals surface area contributed by atoms with Crippen molar-refractivity contribution in [1.29, 1.82) is 0 Å². The lowest BCUT2D eigenvalue weighted by Crippen LogP contribution is -2.35. The molecule has 3 nitrogen and oxygen atoms in total. The highest BCUT2D eigenvalue weighted by atomic mass is 15.1. The van der Waals surface area contributed by atoms with Crippen LogP contribution < -0.4 is 0 Å². The zero-order valence-electron chi connectivity index (χ0n) is 18.1. The van der Waals surface area contributed by atoms with Gasteiger partial charge >= 0.3 is 0 Å². The van der Waals surface area contributed by atoms with Gasteiger partial charge in [0.2, 0.25) is 0 Å². The van der Waals surface area contributed by atoms with Crippen molar-refractivity contribution in [3.05, 3.63) is 72.6 Å². The van der Waals surface area contributed by atoms with Crippen molar-refractivity contribution in [1.82, 2.24) is 14.5 Å². The quantitative estimate of drug-likeness (QED) is 0.599. The van der Waals surface area contributed by atoms with Crippen LogP contribution in [0, 0.1) is 11.3 Å². The van der Waals surface area contributed by atoms with Crippen molar-refractivity contribution in [3.63, 3.8) is 0 Å². The van der Waals surface area contributed by atoms with Gasteiger partial charge in [0.25, 0.3) is 0 Å². The lowest BCUT2D eigenvalue weighted by atomic mass is 9.94. The Morgan fingerprint density at radius 1 is 1.28 bits per heavy atom. The van der Waals surface area contributed by atoms with Crippen molar-refractivity contribution in [3.8, 4) is 0 Å². The Balaban J connectivity index is 1.47. The summed E-state index contributed by atoms with van der Waals surface area (Å²) in [5.74, 6) is 0.476. The summed E-state index contributed by atoms with van der Waals surface area (Å²) in [7, 11) is 0. The largest absolute Gasteiger partial charge is 0.328 e. The van der Waals surface area contributed by atoms with E-state index in [1.807, 2.05) is 6.08 Å². The minimum Gasteiger partial charge on any atom is -0.328 e. The fraction of sp³-hybridized carbons (Fsp3) is 0.423. The molecule has 0 bridgehead atoms. The van der Waals surface area contributed by atoms with Crippen LogP contribution in [0.15, 0.2) is 67.1 Å². The number of rotatable bonds is 5. The highest BCUT2D eigenvalue weighted by Crippen LogP contribution is 2.27. The van der Waals surface area contributed by atoms with Crippen LogP contribution in [0.4, 0.5) is 0 Å². The van der Waals surface area contributed by atoms with E-state index >= 15 is 0 Å². The summed E-state index contributed by atoms with van der Waals surface area (Å²) in [4.78, 5) is 7.38. The van der Waals surface area contributed by atoms with Crippen LogP contribution in [0.5, 0.6) is 0 Å². The third-order valence-corrected chi connectivity index (χ3v) is 5.83. The van der Waals surface area contributed by atoms with Gasteiger partial charge in [-0.15, -0.1) is 6.58 Å². The number of pyridine rings is 1. The molecule has 0 aromatic carbocycles. The lowest BCUT2D eigenvalue weighted by Gasteiger charge is -2.32. The van der Waals surface area contributed by atoms with E-state index in [0.717, 1.165) is 44.7 Å². The van der Waals surface area contributed by atoms with E-state index in [9.17, 15) is 0 Å². The summed E-state index contributed by atoms with van der Waals surface area (Å²) in [5.41, 5.74) is 5.48. The lowest BCUT2D eigenvalue weighted by molar-refractivity contribution is 0.207. The molecule has 29 heavy (non-hydrogen) atoms. The summed E-state index contributed by atoms with van der Waals surface area (Å²) < 4.78 is 2.25. The molecule has 4 rings (SSSR count).